The SMILES string of the molecule is COC(=O)C1=C(C)NC2=C(C(=O)C[C@H](c3ccc(OC)c(OC)c3)C2)[C@H]1c1ccc(F)cc1. The number of esters is 1. The summed E-state index contributed by atoms with van der Waals surface area (Å²) >= 11 is 0. The number of carbonyl (C=O) groups is 2. The smallest absolute Gasteiger partial charge is 0.336 e. The molecule has 0 spiro atoms. The molecule has 0 saturated heterocycles. The van der Waals surface area contributed by atoms with E-state index in [9.17, 15) is 14.0 Å². The number of Topliss-reactive ketones (excluding diaryl/α,β-unsaturated/α-hetero) is 1. The molecular formula is C26H26FNO5. The minimum absolute atomic E-state index is 0.0632. The van der Waals surface area contributed by atoms with Crippen molar-refractivity contribution < 1.29 is 28.2 Å². The molecule has 0 saturated carbocycles. The van der Waals surface area contributed by atoms with Crippen LogP contribution in [0, 0.1) is 5.82 Å². The molecule has 1 heterocycles. The van der Waals surface area contributed by atoms with Gasteiger partial charge < -0.3 is 19.5 Å². The minimum Gasteiger partial charge on any atom is -0.493 e. The van der Waals surface area contributed by atoms with Crippen LogP contribution in [0.2, 0.25) is 0 Å². The van der Waals surface area contributed by atoms with Crippen molar-refractivity contribution in [3.8, 4) is 11.5 Å². The third kappa shape index (κ3) is 4.11. The van der Waals surface area contributed by atoms with Crippen LogP contribution in [0.25, 0.3) is 0 Å². The maximum Gasteiger partial charge on any atom is 0.336 e. The van der Waals surface area contributed by atoms with Crippen molar-refractivity contribution in [3.63, 3.8) is 0 Å². The number of methoxy groups -OCH3 is 3. The molecule has 1 N–H and O–H groups in total. The fourth-order valence-electron chi connectivity index (χ4n) is 4.75. The first kappa shape index (κ1) is 22.6. The standard InChI is InChI=1S/C26H26FNO5/c1-14-23(26(30)33-4)24(15-5-8-18(27)9-6-15)25-19(28-14)11-17(12-20(25)29)16-7-10-21(31-2)22(13-16)32-3/h5-10,13,17,24,28H,11-12H2,1-4H3/t17-,24+/m1/s1. The molecular weight excluding hydrogens is 425 g/mol. The normalized spacial score (nSPS) is 20.2. The maximum atomic E-state index is 13.6. The lowest BCUT2D eigenvalue weighted by molar-refractivity contribution is -0.136. The summed E-state index contributed by atoms with van der Waals surface area (Å²) in [5, 5.41) is 3.28. The van der Waals surface area contributed by atoms with E-state index in [1.807, 2.05) is 18.2 Å². The van der Waals surface area contributed by atoms with Crippen LogP contribution in [-0.2, 0) is 14.3 Å². The van der Waals surface area contributed by atoms with Gasteiger partial charge in [0.15, 0.2) is 17.3 Å². The van der Waals surface area contributed by atoms with E-state index >= 15 is 0 Å². The predicted molar refractivity (Wildman–Crippen MR) is 121 cm³/mol. The van der Waals surface area contributed by atoms with Crippen molar-refractivity contribution in [3.05, 3.63) is 81.9 Å². The van der Waals surface area contributed by atoms with Crippen molar-refractivity contribution >= 4 is 11.8 Å². The van der Waals surface area contributed by atoms with Crippen LogP contribution in [0.5, 0.6) is 11.5 Å². The van der Waals surface area contributed by atoms with Gasteiger partial charge in [0.05, 0.1) is 26.9 Å². The number of carbonyl (C=O) groups excluding carboxylic acids is 2. The number of benzene rings is 2. The summed E-state index contributed by atoms with van der Waals surface area (Å²) in [5.41, 5.74) is 3.92. The van der Waals surface area contributed by atoms with Crippen LogP contribution >= 0.6 is 0 Å². The number of halogens is 1. The van der Waals surface area contributed by atoms with Gasteiger partial charge in [-0.3, -0.25) is 4.79 Å². The molecule has 6 nitrogen and oxygen atoms in total. The van der Waals surface area contributed by atoms with Gasteiger partial charge in [0.1, 0.15) is 5.82 Å². The molecule has 0 unspecified atom stereocenters. The number of hydrogen-bond donors (Lipinski definition) is 1. The second-order valence-electron chi connectivity index (χ2n) is 8.17. The van der Waals surface area contributed by atoms with Crippen LogP contribution in [0.15, 0.2) is 65.0 Å². The summed E-state index contributed by atoms with van der Waals surface area (Å²) < 4.78 is 29.4. The van der Waals surface area contributed by atoms with E-state index in [0.29, 0.717) is 40.3 Å². The Morgan fingerprint density at radius 3 is 2.27 bits per heavy atom. The lowest BCUT2D eigenvalue weighted by atomic mass is 9.71. The molecule has 7 heteroatoms. The lowest BCUT2D eigenvalue weighted by Gasteiger charge is -2.36. The van der Waals surface area contributed by atoms with Crippen molar-refractivity contribution in [1.82, 2.24) is 5.32 Å². The number of dihydropyridines is 1. The van der Waals surface area contributed by atoms with Gasteiger partial charge in [-0.1, -0.05) is 18.2 Å². The number of rotatable bonds is 5. The van der Waals surface area contributed by atoms with Crippen LogP contribution in [0.3, 0.4) is 0 Å². The van der Waals surface area contributed by atoms with Gasteiger partial charge in [-0.05, 0) is 54.7 Å². The van der Waals surface area contributed by atoms with E-state index in [1.54, 1.807) is 33.3 Å². The Kier molecular flexibility index (Phi) is 6.22. The van der Waals surface area contributed by atoms with E-state index in [-0.39, 0.29) is 23.9 Å². The van der Waals surface area contributed by atoms with Gasteiger partial charge in [0.25, 0.3) is 0 Å². The highest BCUT2D eigenvalue weighted by Gasteiger charge is 2.41. The molecule has 2 atom stereocenters. The van der Waals surface area contributed by atoms with E-state index in [1.165, 1.54) is 19.2 Å². The van der Waals surface area contributed by atoms with E-state index < -0.39 is 11.9 Å². The molecule has 4 rings (SSSR count). The van der Waals surface area contributed by atoms with Crippen molar-refractivity contribution in [2.24, 2.45) is 0 Å². The summed E-state index contributed by atoms with van der Waals surface area (Å²) in [6.45, 7) is 1.79. The fraction of sp³-hybridized carbons (Fsp3) is 0.308. The Bertz CT molecular complexity index is 1170. The highest BCUT2D eigenvalue weighted by molar-refractivity contribution is 6.04. The molecule has 33 heavy (non-hydrogen) atoms. The highest BCUT2D eigenvalue weighted by Crippen LogP contribution is 2.46. The Morgan fingerprint density at radius 2 is 1.64 bits per heavy atom. The number of hydrogen-bond acceptors (Lipinski definition) is 6. The van der Waals surface area contributed by atoms with E-state index in [4.69, 9.17) is 14.2 Å². The predicted octanol–water partition coefficient (Wildman–Crippen LogP) is 4.38. The third-order valence-electron chi connectivity index (χ3n) is 6.32. The molecule has 1 aliphatic heterocycles. The number of allylic oxidation sites excluding steroid dienone is 3. The molecule has 0 bridgehead atoms. The first-order valence-corrected chi connectivity index (χ1v) is 10.7. The van der Waals surface area contributed by atoms with Gasteiger partial charge in [0.2, 0.25) is 0 Å². The third-order valence-corrected chi connectivity index (χ3v) is 6.32. The molecule has 2 aliphatic rings. The first-order chi connectivity index (χ1) is 15.9. The largest absolute Gasteiger partial charge is 0.493 e. The molecule has 1 aliphatic carbocycles. The monoisotopic (exact) mass is 451 g/mol. The minimum atomic E-state index is -0.617. The summed E-state index contributed by atoms with van der Waals surface area (Å²) in [4.78, 5) is 26.2. The Hall–Kier alpha value is -3.61. The topological polar surface area (TPSA) is 73.9 Å². The zero-order chi connectivity index (χ0) is 23.7. The summed E-state index contributed by atoms with van der Waals surface area (Å²) in [7, 11) is 4.46. The Morgan fingerprint density at radius 1 is 0.970 bits per heavy atom. The summed E-state index contributed by atoms with van der Waals surface area (Å²) in [6, 6.07) is 11.6. The number of nitrogens with one attached hydrogen (secondary N) is 1. The van der Waals surface area contributed by atoms with Crippen molar-refractivity contribution in [2.45, 2.75) is 31.6 Å². The van der Waals surface area contributed by atoms with Crippen LogP contribution < -0.4 is 14.8 Å². The molecule has 0 aromatic heterocycles. The van der Waals surface area contributed by atoms with E-state index in [0.717, 1.165) is 11.3 Å². The second-order valence-corrected chi connectivity index (χ2v) is 8.17. The van der Waals surface area contributed by atoms with Crippen LogP contribution in [-0.4, -0.2) is 33.1 Å². The molecule has 0 radical (unpaired) electrons. The Labute approximate surface area is 192 Å². The average molecular weight is 451 g/mol. The molecule has 172 valence electrons. The summed E-state index contributed by atoms with van der Waals surface area (Å²) in [5.74, 6) is -0.421. The number of ether oxygens (including phenoxy) is 3. The fourth-order valence-corrected chi connectivity index (χ4v) is 4.75. The van der Waals surface area contributed by atoms with Gasteiger partial charge in [-0.15, -0.1) is 0 Å². The molecule has 0 amide bonds. The Balaban J connectivity index is 1.77. The van der Waals surface area contributed by atoms with Crippen LogP contribution in [0.1, 0.15) is 42.7 Å². The molecule has 0 fully saturated rings. The first-order valence-electron chi connectivity index (χ1n) is 10.7. The zero-order valence-corrected chi connectivity index (χ0v) is 19.0. The van der Waals surface area contributed by atoms with Crippen molar-refractivity contribution in [1.29, 1.82) is 0 Å². The molecule has 2 aromatic rings. The number of ketones is 1. The van der Waals surface area contributed by atoms with Gasteiger partial charge in [-0.25, -0.2) is 9.18 Å². The second kappa shape index (κ2) is 9.10. The van der Waals surface area contributed by atoms with Crippen LogP contribution in [0.4, 0.5) is 4.39 Å². The maximum absolute atomic E-state index is 13.6. The summed E-state index contributed by atoms with van der Waals surface area (Å²) in [6.07, 6.45) is 0.862. The highest BCUT2D eigenvalue weighted by atomic mass is 19.1. The molecule has 2 aromatic carbocycles. The van der Waals surface area contributed by atoms with Crippen molar-refractivity contribution in [2.75, 3.05) is 21.3 Å². The van der Waals surface area contributed by atoms with Gasteiger partial charge >= 0.3 is 5.97 Å². The average Bonchev–Trinajstić information content (AvgIpc) is 2.82. The lowest BCUT2D eigenvalue weighted by Crippen LogP contribution is -2.36. The van der Waals surface area contributed by atoms with Gasteiger partial charge in [-0.2, -0.15) is 0 Å². The quantitative estimate of drug-likeness (QED) is 0.681. The zero-order valence-electron chi connectivity index (χ0n) is 19.0. The van der Waals surface area contributed by atoms with E-state index in [2.05, 4.69) is 5.32 Å². The van der Waals surface area contributed by atoms with Gasteiger partial charge in [0, 0.05) is 29.3 Å².